The molecule has 1 spiro atoms. The van der Waals surface area contributed by atoms with Gasteiger partial charge in [0, 0.05) is 36.7 Å². The number of carbonyl (C=O) groups excluding carboxylic acids is 1. The van der Waals surface area contributed by atoms with E-state index in [0.29, 0.717) is 29.3 Å². The minimum absolute atomic E-state index is 0.118. The van der Waals surface area contributed by atoms with Crippen LogP contribution in [0, 0.1) is 5.41 Å². The van der Waals surface area contributed by atoms with Crippen molar-refractivity contribution in [2.45, 2.75) is 73.3 Å². The van der Waals surface area contributed by atoms with Crippen molar-refractivity contribution in [2.24, 2.45) is 5.41 Å². The summed E-state index contributed by atoms with van der Waals surface area (Å²) >= 11 is 1.31. The number of benzene rings is 1. The molecule has 2 N–H and O–H groups in total. The van der Waals surface area contributed by atoms with Crippen LogP contribution in [0.2, 0.25) is 0 Å². The zero-order valence-corrected chi connectivity index (χ0v) is 17.3. The van der Waals surface area contributed by atoms with Crippen molar-refractivity contribution >= 4 is 17.7 Å². The van der Waals surface area contributed by atoms with Crippen LogP contribution in [0.25, 0.3) is 0 Å². The fourth-order valence-corrected chi connectivity index (χ4v) is 6.82. The number of rotatable bonds is 2. The normalized spacial score (nSPS) is 34.5. The Hall–Kier alpha value is -1.29. The lowest BCUT2D eigenvalue weighted by Crippen LogP contribution is -2.43. The van der Waals surface area contributed by atoms with Crippen LogP contribution >= 0.6 is 11.8 Å². The number of aliphatic hydroxyl groups is 1. The van der Waals surface area contributed by atoms with Crippen molar-refractivity contribution in [1.82, 2.24) is 10.2 Å². The molecule has 0 bridgehead atoms. The number of fused-ring (bicyclic) bond motifs is 2. The number of hydrogen-bond acceptors (Lipinski definition) is 5. The average Bonchev–Trinajstić information content (AvgIpc) is 3.23. The predicted octanol–water partition coefficient (Wildman–Crippen LogP) is 3.15. The highest BCUT2D eigenvalue weighted by Gasteiger charge is 2.62. The van der Waals surface area contributed by atoms with Gasteiger partial charge in [-0.25, -0.2) is 0 Å². The molecule has 5 nitrogen and oxygen atoms in total. The second kappa shape index (κ2) is 7.39. The highest BCUT2D eigenvalue weighted by atomic mass is 32.2. The van der Waals surface area contributed by atoms with Gasteiger partial charge in [0.1, 0.15) is 5.37 Å². The average molecular weight is 443 g/mol. The van der Waals surface area contributed by atoms with Gasteiger partial charge in [-0.15, -0.1) is 0 Å². The Kier molecular flexibility index (Phi) is 5.08. The Labute approximate surface area is 177 Å². The molecular formula is C21H25F3N2O3S. The molecule has 30 heavy (non-hydrogen) atoms. The second-order valence-electron chi connectivity index (χ2n) is 8.86. The third kappa shape index (κ3) is 3.34. The zero-order chi connectivity index (χ0) is 21.1. The fourth-order valence-electron chi connectivity index (χ4n) is 5.45. The Morgan fingerprint density at radius 3 is 2.70 bits per heavy atom. The lowest BCUT2D eigenvalue weighted by Gasteiger charge is -2.32. The van der Waals surface area contributed by atoms with Crippen molar-refractivity contribution in [2.75, 3.05) is 13.2 Å². The summed E-state index contributed by atoms with van der Waals surface area (Å²) in [6, 6.07) is 4.20. The zero-order valence-electron chi connectivity index (χ0n) is 16.5. The minimum atomic E-state index is -4.42. The maximum Gasteiger partial charge on any atom is 0.416 e. The highest BCUT2D eigenvalue weighted by molar-refractivity contribution is 8.00. The van der Waals surface area contributed by atoms with E-state index in [1.165, 1.54) is 17.8 Å². The quantitative estimate of drug-likeness (QED) is 0.737. The number of nitrogens with one attached hydrogen (secondary N) is 1. The maximum absolute atomic E-state index is 13.4. The van der Waals surface area contributed by atoms with Crippen LogP contribution in [-0.4, -0.2) is 52.7 Å². The van der Waals surface area contributed by atoms with Crippen molar-refractivity contribution in [3.05, 3.63) is 29.3 Å². The largest absolute Gasteiger partial charge is 0.416 e. The van der Waals surface area contributed by atoms with Gasteiger partial charge in [0.25, 0.3) is 0 Å². The first-order valence-electron chi connectivity index (χ1n) is 10.5. The summed E-state index contributed by atoms with van der Waals surface area (Å²) in [6.45, 7) is 1.59. The lowest BCUT2D eigenvalue weighted by atomic mass is 9.82. The fraction of sp³-hybridized carbons (Fsp3) is 0.667. The van der Waals surface area contributed by atoms with Gasteiger partial charge in [-0.2, -0.15) is 13.2 Å². The molecule has 3 aliphatic heterocycles. The number of amides is 1. The van der Waals surface area contributed by atoms with E-state index in [4.69, 9.17) is 4.74 Å². The van der Waals surface area contributed by atoms with E-state index in [0.717, 1.165) is 44.6 Å². The number of ether oxygens (including phenoxy) is 1. The van der Waals surface area contributed by atoms with Gasteiger partial charge in [-0.1, -0.05) is 11.8 Å². The molecule has 1 aliphatic carbocycles. The lowest BCUT2D eigenvalue weighted by molar-refractivity contribution is -0.138. The number of aliphatic hydroxyl groups excluding tert-OH is 1. The van der Waals surface area contributed by atoms with Crippen molar-refractivity contribution in [1.29, 1.82) is 0 Å². The molecule has 5 rings (SSSR count). The first kappa shape index (κ1) is 20.6. The summed E-state index contributed by atoms with van der Waals surface area (Å²) in [7, 11) is 0. The van der Waals surface area contributed by atoms with Gasteiger partial charge in [-0.3, -0.25) is 4.79 Å². The first-order valence-corrected chi connectivity index (χ1v) is 11.4. The van der Waals surface area contributed by atoms with Crippen molar-refractivity contribution < 1.29 is 27.8 Å². The van der Waals surface area contributed by atoms with Crippen LogP contribution in [0.1, 0.15) is 43.2 Å². The van der Waals surface area contributed by atoms with Gasteiger partial charge in [0.2, 0.25) is 5.91 Å². The van der Waals surface area contributed by atoms with Gasteiger partial charge in [0.05, 0.1) is 17.1 Å². The van der Waals surface area contributed by atoms with E-state index >= 15 is 0 Å². The monoisotopic (exact) mass is 442 g/mol. The van der Waals surface area contributed by atoms with Gasteiger partial charge in [0.15, 0.2) is 0 Å². The van der Waals surface area contributed by atoms with Crippen LogP contribution < -0.4 is 5.32 Å². The molecule has 3 heterocycles. The van der Waals surface area contributed by atoms with Crippen LogP contribution in [0.5, 0.6) is 0 Å². The molecule has 1 aromatic carbocycles. The molecule has 4 atom stereocenters. The van der Waals surface area contributed by atoms with Gasteiger partial charge < -0.3 is 20.1 Å². The number of nitrogens with zero attached hydrogens (tertiary/aromatic N) is 1. The van der Waals surface area contributed by atoms with Crippen LogP contribution in [-0.2, 0) is 22.3 Å². The number of thioether (sulfide) groups is 1. The summed E-state index contributed by atoms with van der Waals surface area (Å²) in [6.07, 6.45) is -1.36. The molecule has 1 unspecified atom stereocenters. The molecule has 3 fully saturated rings. The van der Waals surface area contributed by atoms with E-state index in [1.54, 1.807) is 4.90 Å². The molecule has 1 saturated carbocycles. The molecule has 1 aromatic rings. The molecule has 0 aromatic heterocycles. The third-order valence-electron chi connectivity index (χ3n) is 7.05. The number of alkyl halides is 3. The Bertz CT molecular complexity index is 845. The van der Waals surface area contributed by atoms with Gasteiger partial charge >= 0.3 is 6.18 Å². The summed E-state index contributed by atoms with van der Waals surface area (Å²) in [4.78, 5) is 15.7. The van der Waals surface area contributed by atoms with E-state index in [2.05, 4.69) is 5.32 Å². The third-order valence-corrected chi connectivity index (χ3v) is 8.45. The molecule has 2 saturated heterocycles. The first-order chi connectivity index (χ1) is 14.3. The Morgan fingerprint density at radius 2 is 1.97 bits per heavy atom. The molecule has 164 valence electrons. The van der Waals surface area contributed by atoms with Gasteiger partial charge in [-0.05, 0) is 55.9 Å². The highest BCUT2D eigenvalue weighted by Crippen LogP contribution is 2.55. The topological polar surface area (TPSA) is 61.8 Å². The molecule has 1 amide bonds. The summed E-state index contributed by atoms with van der Waals surface area (Å²) < 4.78 is 44.7. The summed E-state index contributed by atoms with van der Waals surface area (Å²) in [5.74, 6) is -0.119. The summed E-state index contributed by atoms with van der Waals surface area (Å²) in [5, 5.41) is 14.4. The second-order valence-corrected chi connectivity index (χ2v) is 10.0. The van der Waals surface area contributed by atoms with Crippen LogP contribution in [0.15, 0.2) is 23.1 Å². The minimum Gasteiger partial charge on any atom is -0.389 e. The van der Waals surface area contributed by atoms with E-state index in [1.807, 2.05) is 0 Å². The SMILES string of the molecule is O=C1N2Cc3cc(C(F)(F)F)ccc3SC2[C@H](O)[C@@]12CC[C@@H](NC1CCOCC1)C2. The van der Waals surface area contributed by atoms with Crippen molar-refractivity contribution in [3.8, 4) is 0 Å². The smallest absolute Gasteiger partial charge is 0.389 e. The summed E-state index contributed by atoms with van der Waals surface area (Å²) in [5.41, 5.74) is -1.04. The number of halogens is 3. The molecule has 9 heteroatoms. The predicted molar refractivity (Wildman–Crippen MR) is 105 cm³/mol. The number of hydrogen-bond donors (Lipinski definition) is 2. The molecule has 0 radical (unpaired) electrons. The van der Waals surface area contributed by atoms with Crippen LogP contribution in [0.3, 0.4) is 0 Å². The molecule has 4 aliphatic rings. The Balaban J connectivity index is 1.34. The number of carbonyl (C=O) groups is 1. The standard InChI is InChI=1S/C21H25F3N2O3S/c22-21(23,24)13-1-2-16-12(9-13)11-26-18(30-16)17(27)20(19(26)28)6-3-15(10-20)25-14-4-7-29-8-5-14/h1-2,9,14-15,17-18,25,27H,3-8,10-11H2/t15-,17+,18?,20+/m1/s1. The Morgan fingerprint density at radius 1 is 1.20 bits per heavy atom. The molecular weight excluding hydrogens is 417 g/mol. The van der Waals surface area contributed by atoms with Crippen LogP contribution in [0.4, 0.5) is 13.2 Å². The maximum atomic E-state index is 13.4. The van der Waals surface area contributed by atoms with E-state index in [9.17, 15) is 23.1 Å². The van der Waals surface area contributed by atoms with Crippen molar-refractivity contribution in [3.63, 3.8) is 0 Å². The van der Waals surface area contributed by atoms with E-state index in [-0.39, 0.29) is 18.5 Å². The van der Waals surface area contributed by atoms with E-state index < -0.39 is 28.6 Å².